The zero-order valence-electron chi connectivity index (χ0n) is 11.6. The van der Waals surface area contributed by atoms with Gasteiger partial charge in [-0.2, -0.15) is 0 Å². The monoisotopic (exact) mass is 254 g/mol. The lowest BCUT2D eigenvalue weighted by atomic mass is 10.0. The van der Waals surface area contributed by atoms with Crippen molar-refractivity contribution >= 4 is 0 Å². The molecule has 2 atom stereocenters. The Morgan fingerprint density at radius 2 is 1.89 bits per heavy atom. The van der Waals surface area contributed by atoms with Crippen molar-refractivity contribution in [2.75, 3.05) is 27.2 Å². The summed E-state index contributed by atoms with van der Waals surface area (Å²) in [6, 6.07) is 6.50. The molecule has 0 radical (unpaired) electrons. The first-order valence-electron chi connectivity index (χ1n) is 6.16. The van der Waals surface area contributed by atoms with Gasteiger partial charge < -0.3 is 15.3 Å². The van der Waals surface area contributed by atoms with Gasteiger partial charge in [0, 0.05) is 19.1 Å². The Kier molecular flexibility index (Phi) is 5.26. The average Bonchev–Trinajstić information content (AvgIpc) is 2.25. The first-order chi connectivity index (χ1) is 8.30. The standard InChI is InChI=1S/C14H23FN2O/c1-11(12-5-7-13(15)8-6-12)16-9-14(2,18)10-17(3)4/h5-8,11,16,18H,9-10H2,1-4H3. The molecular formula is C14H23FN2O. The molecule has 1 aromatic carbocycles. The van der Waals surface area contributed by atoms with Crippen molar-refractivity contribution in [2.45, 2.75) is 25.5 Å². The Bertz CT molecular complexity index is 363. The van der Waals surface area contributed by atoms with E-state index in [1.165, 1.54) is 12.1 Å². The van der Waals surface area contributed by atoms with Crippen LogP contribution in [0.2, 0.25) is 0 Å². The summed E-state index contributed by atoms with van der Waals surface area (Å²) in [6.45, 7) is 4.89. The van der Waals surface area contributed by atoms with E-state index in [0.717, 1.165) is 5.56 Å². The molecule has 18 heavy (non-hydrogen) atoms. The summed E-state index contributed by atoms with van der Waals surface area (Å²) >= 11 is 0. The van der Waals surface area contributed by atoms with Crippen molar-refractivity contribution in [3.05, 3.63) is 35.6 Å². The number of nitrogens with zero attached hydrogens (tertiary/aromatic N) is 1. The predicted octanol–water partition coefficient (Wildman–Crippen LogP) is 1.79. The van der Waals surface area contributed by atoms with Crippen LogP contribution >= 0.6 is 0 Å². The first kappa shape index (κ1) is 15.1. The summed E-state index contributed by atoms with van der Waals surface area (Å²) in [6.07, 6.45) is 0. The third kappa shape index (κ3) is 5.12. The number of likely N-dealkylation sites (N-methyl/N-ethyl adjacent to an activating group) is 1. The van der Waals surface area contributed by atoms with E-state index in [1.54, 1.807) is 19.1 Å². The maximum absolute atomic E-state index is 12.8. The van der Waals surface area contributed by atoms with E-state index < -0.39 is 5.60 Å². The molecule has 0 heterocycles. The molecule has 2 N–H and O–H groups in total. The fraction of sp³-hybridized carbons (Fsp3) is 0.571. The second-order valence-electron chi connectivity index (χ2n) is 5.39. The van der Waals surface area contributed by atoms with Crippen LogP contribution in [0.4, 0.5) is 4.39 Å². The highest BCUT2D eigenvalue weighted by atomic mass is 19.1. The zero-order valence-corrected chi connectivity index (χ0v) is 11.6. The summed E-state index contributed by atoms with van der Waals surface area (Å²) in [7, 11) is 3.86. The van der Waals surface area contributed by atoms with Gasteiger partial charge in [0.2, 0.25) is 0 Å². The number of aliphatic hydroxyl groups is 1. The van der Waals surface area contributed by atoms with E-state index in [2.05, 4.69) is 5.32 Å². The molecule has 1 rings (SSSR count). The molecule has 0 aliphatic rings. The predicted molar refractivity (Wildman–Crippen MR) is 72.0 cm³/mol. The third-order valence-corrected chi connectivity index (χ3v) is 2.82. The van der Waals surface area contributed by atoms with Crippen LogP contribution in [0.15, 0.2) is 24.3 Å². The molecule has 0 aliphatic carbocycles. The molecule has 1 aromatic rings. The molecule has 0 bridgehead atoms. The van der Waals surface area contributed by atoms with E-state index in [0.29, 0.717) is 13.1 Å². The van der Waals surface area contributed by atoms with Crippen LogP contribution in [0.3, 0.4) is 0 Å². The maximum Gasteiger partial charge on any atom is 0.123 e. The van der Waals surface area contributed by atoms with Gasteiger partial charge in [0.25, 0.3) is 0 Å². The van der Waals surface area contributed by atoms with Gasteiger partial charge in [0.05, 0.1) is 5.60 Å². The number of halogens is 1. The lowest BCUT2D eigenvalue weighted by Crippen LogP contribution is -2.46. The Morgan fingerprint density at radius 3 is 2.39 bits per heavy atom. The number of rotatable bonds is 6. The minimum atomic E-state index is -0.780. The van der Waals surface area contributed by atoms with Crippen molar-refractivity contribution in [2.24, 2.45) is 0 Å². The number of hydrogen-bond acceptors (Lipinski definition) is 3. The molecule has 0 aliphatic heterocycles. The molecule has 0 aromatic heterocycles. The Hall–Kier alpha value is -0.970. The molecule has 0 saturated carbocycles. The summed E-state index contributed by atoms with van der Waals surface area (Å²) in [5, 5.41) is 13.4. The highest BCUT2D eigenvalue weighted by Crippen LogP contribution is 2.14. The van der Waals surface area contributed by atoms with E-state index >= 15 is 0 Å². The van der Waals surface area contributed by atoms with Crippen molar-refractivity contribution in [1.82, 2.24) is 10.2 Å². The second kappa shape index (κ2) is 6.27. The van der Waals surface area contributed by atoms with Crippen LogP contribution < -0.4 is 5.32 Å². The summed E-state index contributed by atoms with van der Waals surface area (Å²) < 4.78 is 12.8. The molecule has 0 spiro atoms. The molecule has 0 fully saturated rings. The molecular weight excluding hydrogens is 231 g/mol. The maximum atomic E-state index is 12.8. The van der Waals surface area contributed by atoms with Crippen LogP contribution in [0.25, 0.3) is 0 Å². The molecule has 3 nitrogen and oxygen atoms in total. The SMILES string of the molecule is CC(NCC(C)(O)CN(C)C)c1ccc(F)cc1. The second-order valence-corrected chi connectivity index (χ2v) is 5.39. The Balaban J connectivity index is 2.50. The van der Waals surface area contributed by atoms with Crippen LogP contribution in [0.1, 0.15) is 25.5 Å². The van der Waals surface area contributed by atoms with Gasteiger partial charge in [-0.3, -0.25) is 0 Å². The lowest BCUT2D eigenvalue weighted by Gasteiger charge is -2.29. The Labute approximate surface area is 109 Å². The van der Waals surface area contributed by atoms with Gasteiger partial charge in [0.15, 0.2) is 0 Å². The van der Waals surface area contributed by atoms with Gasteiger partial charge >= 0.3 is 0 Å². The minimum absolute atomic E-state index is 0.0826. The lowest BCUT2D eigenvalue weighted by molar-refractivity contribution is 0.0317. The van der Waals surface area contributed by atoms with E-state index in [1.807, 2.05) is 25.9 Å². The quantitative estimate of drug-likeness (QED) is 0.812. The largest absolute Gasteiger partial charge is 0.388 e. The minimum Gasteiger partial charge on any atom is -0.388 e. The molecule has 4 heteroatoms. The van der Waals surface area contributed by atoms with Gasteiger partial charge in [-0.05, 0) is 45.6 Å². The smallest absolute Gasteiger partial charge is 0.123 e. The summed E-state index contributed by atoms with van der Waals surface area (Å²) in [5.41, 5.74) is 0.231. The fourth-order valence-electron chi connectivity index (χ4n) is 1.98. The topological polar surface area (TPSA) is 35.5 Å². The molecule has 0 amide bonds. The van der Waals surface area contributed by atoms with Crippen LogP contribution in [0, 0.1) is 5.82 Å². The number of nitrogens with one attached hydrogen (secondary N) is 1. The first-order valence-corrected chi connectivity index (χ1v) is 6.16. The van der Waals surface area contributed by atoms with Crippen LogP contribution in [-0.2, 0) is 0 Å². The van der Waals surface area contributed by atoms with Crippen molar-refractivity contribution in [1.29, 1.82) is 0 Å². The zero-order chi connectivity index (χ0) is 13.8. The van der Waals surface area contributed by atoms with Crippen LogP contribution in [-0.4, -0.2) is 42.8 Å². The normalized spacial score (nSPS) is 16.6. The van der Waals surface area contributed by atoms with Gasteiger partial charge in [-0.15, -0.1) is 0 Å². The van der Waals surface area contributed by atoms with Gasteiger partial charge in [-0.25, -0.2) is 4.39 Å². The number of hydrogen-bond donors (Lipinski definition) is 2. The van der Waals surface area contributed by atoms with E-state index in [9.17, 15) is 9.50 Å². The van der Waals surface area contributed by atoms with Crippen molar-refractivity contribution in [3.63, 3.8) is 0 Å². The van der Waals surface area contributed by atoms with Crippen molar-refractivity contribution < 1.29 is 9.50 Å². The third-order valence-electron chi connectivity index (χ3n) is 2.82. The fourth-order valence-corrected chi connectivity index (χ4v) is 1.98. The van der Waals surface area contributed by atoms with E-state index in [4.69, 9.17) is 0 Å². The highest BCUT2D eigenvalue weighted by molar-refractivity contribution is 5.19. The summed E-state index contributed by atoms with van der Waals surface area (Å²) in [5.74, 6) is -0.231. The molecule has 102 valence electrons. The van der Waals surface area contributed by atoms with E-state index in [-0.39, 0.29) is 11.9 Å². The van der Waals surface area contributed by atoms with Crippen molar-refractivity contribution in [3.8, 4) is 0 Å². The Morgan fingerprint density at radius 1 is 1.33 bits per heavy atom. The van der Waals surface area contributed by atoms with Crippen LogP contribution in [0.5, 0.6) is 0 Å². The van der Waals surface area contributed by atoms with Gasteiger partial charge in [0.1, 0.15) is 5.82 Å². The molecule has 0 saturated heterocycles. The molecule has 2 unspecified atom stereocenters. The highest BCUT2D eigenvalue weighted by Gasteiger charge is 2.21. The van der Waals surface area contributed by atoms with Gasteiger partial charge in [-0.1, -0.05) is 12.1 Å². The summed E-state index contributed by atoms with van der Waals surface area (Å²) in [4.78, 5) is 1.95. The average molecular weight is 254 g/mol. The number of benzene rings is 1.